The van der Waals surface area contributed by atoms with Gasteiger partial charge < -0.3 is 5.32 Å². The molecule has 18 heavy (non-hydrogen) atoms. The first-order valence-corrected chi connectivity index (χ1v) is 7.50. The number of thioether (sulfide) groups is 1. The van der Waals surface area contributed by atoms with Gasteiger partial charge in [0.1, 0.15) is 0 Å². The minimum Gasteiger partial charge on any atom is -0.313 e. The predicted molar refractivity (Wildman–Crippen MR) is 71.9 cm³/mol. The van der Waals surface area contributed by atoms with Crippen LogP contribution in [0.15, 0.2) is 23.1 Å². The van der Waals surface area contributed by atoms with E-state index in [2.05, 4.69) is 12.2 Å². The Balaban J connectivity index is 1.86. The number of hydrogen-bond donors (Lipinski definition) is 1. The highest BCUT2D eigenvalue weighted by molar-refractivity contribution is 7.99. The van der Waals surface area contributed by atoms with Crippen molar-refractivity contribution in [3.63, 3.8) is 0 Å². The van der Waals surface area contributed by atoms with E-state index in [0.29, 0.717) is 6.04 Å². The fourth-order valence-corrected chi connectivity index (χ4v) is 3.06. The van der Waals surface area contributed by atoms with Crippen molar-refractivity contribution in [2.24, 2.45) is 5.92 Å². The molecular weight excluding hydrogens is 252 g/mol. The first kappa shape index (κ1) is 13.8. The molecule has 1 aliphatic rings. The summed E-state index contributed by atoms with van der Waals surface area (Å²) >= 11 is 1.60. The fraction of sp³-hybridized carbons (Fsp3) is 0.571. The molecule has 0 radical (unpaired) electrons. The van der Waals surface area contributed by atoms with Gasteiger partial charge >= 0.3 is 0 Å². The molecule has 0 saturated heterocycles. The topological polar surface area (TPSA) is 12.0 Å². The second-order valence-electron chi connectivity index (χ2n) is 4.78. The van der Waals surface area contributed by atoms with Crippen LogP contribution < -0.4 is 5.32 Å². The van der Waals surface area contributed by atoms with Crippen LogP contribution in [0.25, 0.3) is 0 Å². The highest BCUT2D eigenvalue weighted by atomic mass is 32.2. The van der Waals surface area contributed by atoms with Gasteiger partial charge in [-0.05, 0) is 49.9 Å². The minimum atomic E-state index is -0.776. The maximum Gasteiger partial charge on any atom is 0.159 e. The first-order chi connectivity index (χ1) is 8.70. The second kappa shape index (κ2) is 6.53. The number of benzene rings is 1. The van der Waals surface area contributed by atoms with Gasteiger partial charge in [-0.25, -0.2) is 8.78 Å². The highest BCUT2D eigenvalue weighted by Crippen LogP contribution is 2.35. The molecule has 0 heterocycles. The largest absolute Gasteiger partial charge is 0.313 e. The van der Waals surface area contributed by atoms with E-state index in [-0.39, 0.29) is 0 Å². The summed E-state index contributed by atoms with van der Waals surface area (Å²) < 4.78 is 25.9. The summed E-state index contributed by atoms with van der Waals surface area (Å²) in [5, 5.41) is 3.54. The quantitative estimate of drug-likeness (QED) is 0.756. The van der Waals surface area contributed by atoms with Crippen LogP contribution in [0.1, 0.15) is 26.2 Å². The summed E-state index contributed by atoms with van der Waals surface area (Å²) in [4.78, 5) is 0.804. The smallest absolute Gasteiger partial charge is 0.159 e. The highest BCUT2D eigenvalue weighted by Gasteiger charge is 2.30. The maximum absolute atomic E-state index is 13.1. The number of rotatable bonds is 7. The molecule has 0 amide bonds. The van der Waals surface area contributed by atoms with Gasteiger partial charge in [-0.3, -0.25) is 0 Å². The molecule has 1 aromatic carbocycles. The van der Waals surface area contributed by atoms with Crippen LogP contribution in [-0.4, -0.2) is 18.3 Å². The van der Waals surface area contributed by atoms with Gasteiger partial charge in [-0.2, -0.15) is 0 Å². The molecule has 1 nitrogen and oxygen atoms in total. The van der Waals surface area contributed by atoms with Crippen LogP contribution in [0.2, 0.25) is 0 Å². The van der Waals surface area contributed by atoms with Crippen LogP contribution in [0.3, 0.4) is 0 Å². The van der Waals surface area contributed by atoms with Gasteiger partial charge in [-0.1, -0.05) is 6.92 Å². The molecule has 0 spiro atoms. The molecule has 4 heteroatoms. The van der Waals surface area contributed by atoms with Crippen molar-refractivity contribution < 1.29 is 8.78 Å². The van der Waals surface area contributed by atoms with E-state index in [1.807, 2.05) is 0 Å². The van der Waals surface area contributed by atoms with Gasteiger partial charge in [0, 0.05) is 16.7 Å². The van der Waals surface area contributed by atoms with Gasteiger partial charge in [0.25, 0.3) is 0 Å². The standard InChI is InChI=1S/C14H19F2NS/c1-2-7-17-14(10-3-4-10)9-18-11-5-6-12(15)13(16)8-11/h5-6,8,10,14,17H,2-4,7,9H2,1H3. The molecule has 1 saturated carbocycles. The zero-order chi connectivity index (χ0) is 13.0. The maximum atomic E-state index is 13.1. The third kappa shape index (κ3) is 3.95. The Hall–Kier alpha value is -0.610. The molecule has 0 aromatic heterocycles. The Kier molecular flexibility index (Phi) is 5.01. The Labute approximate surface area is 111 Å². The summed E-state index contributed by atoms with van der Waals surface area (Å²) in [6, 6.07) is 4.63. The van der Waals surface area contributed by atoms with Gasteiger partial charge in [0.05, 0.1) is 0 Å². The number of halogens is 2. The Morgan fingerprint density at radius 1 is 1.33 bits per heavy atom. The Morgan fingerprint density at radius 3 is 2.72 bits per heavy atom. The molecule has 1 aromatic rings. The molecule has 0 bridgehead atoms. The van der Waals surface area contributed by atoms with Crippen molar-refractivity contribution >= 4 is 11.8 Å². The lowest BCUT2D eigenvalue weighted by Crippen LogP contribution is -2.33. The second-order valence-corrected chi connectivity index (χ2v) is 5.88. The van der Waals surface area contributed by atoms with E-state index in [0.717, 1.165) is 29.5 Å². The van der Waals surface area contributed by atoms with Crippen molar-refractivity contribution in [2.45, 2.75) is 37.1 Å². The third-order valence-corrected chi connectivity index (χ3v) is 4.28. The normalized spacial score (nSPS) is 16.8. The monoisotopic (exact) mass is 271 g/mol. The molecule has 2 rings (SSSR count). The molecule has 1 aliphatic carbocycles. The van der Waals surface area contributed by atoms with Crippen molar-refractivity contribution in [1.82, 2.24) is 5.32 Å². The van der Waals surface area contributed by atoms with E-state index >= 15 is 0 Å². The number of hydrogen-bond acceptors (Lipinski definition) is 2. The average Bonchev–Trinajstić information content (AvgIpc) is 3.18. The zero-order valence-corrected chi connectivity index (χ0v) is 11.4. The van der Waals surface area contributed by atoms with E-state index in [9.17, 15) is 8.78 Å². The Bertz CT molecular complexity index is 393. The summed E-state index contributed by atoms with van der Waals surface area (Å²) in [5.74, 6) is 0.163. The molecule has 0 aliphatic heterocycles. The lowest BCUT2D eigenvalue weighted by atomic mass is 10.2. The van der Waals surface area contributed by atoms with Crippen LogP contribution in [-0.2, 0) is 0 Å². The van der Waals surface area contributed by atoms with E-state index in [1.165, 1.54) is 25.0 Å². The Morgan fingerprint density at radius 2 is 2.11 bits per heavy atom. The molecule has 1 unspecified atom stereocenters. The van der Waals surface area contributed by atoms with Gasteiger partial charge in [0.2, 0.25) is 0 Å². The van der Waals surface area contributed by atoms with Crippen molar-refractivity contribution in [1.29, 1.82) is 0 Å². The minimum absolute atomic E-state index is 0.503. The molecule has 1 N–H and O–H groups in total. The van der Waals surface area contributed by atoms with Crippen molar-refractivity contribution in [3.8, 4) is 0 Å². The van der Waals surface area contributed by atoms with E-state index < -0.39 is 11.6 Å². The lowest BCUT2D eigenvalue weighted by molar-refractivity contribution is 0.501. The molecule has 1 atom stereocenters. The van der Waals surface area contributed by atoms with Gasteiger partial charge in [-0.15, -0.1) is 11.8 Å². The van der Waals surface area contributed by atoms with Gasteiger partial charge in [0.15, 0.2) is 11.6 Å². The van der Waals surface area contributed by atoms with Crippen molar-refractivity contribution in [2.75, 3.05) is 12.3 Å². The molecule has 100 valence electrons. The summed E-state index contributed by atoms with van der Waals surface area (Å²) in [5.41, 5.74) is 0. The van der Waals surface area contributed by atoms with Crippen LogP contribution in [0.5, 0.6) is 0 Å². The average molecular weight is 271 g/mol. The van der Waals surface area contributed by atoms with E-state index in [1.54, 1.807) is 17.8 Å². The number of nitrogens with one attached hydrogen (secondary N) is 1. The van der Waals surface area contributed by atoms with E-state index in [4.69, 9.17) is 0 Å². The summed E-state index contributed by atoms with van der Waals surface area (Å²) in [6.07, 6.45) is 3.71. The van der Waals surface area contributed by atoms with Crippen LogP contribution in [0.4, 0.5) is 8.78 Å². The van der Waals surface area contributed by atoms with Crippen molar-refractivity contribution in [3.05, 3.63) is 29.8 Å². The van der Waals surface area contributed by atoms with Crippen LogP contribution >= 0.6 is 11.8 Å². The summed E-state index contributed by atoms with van der Waals surface area (Å²) in [6.45, 7) is 3.18. The summed E-state index contributed by atoms with van der Waals surface area (Å²) in [7, 11) is 0. The fourth-order valence-electron chi connectivity index (χ4n) is 1.94. The predicted octanol–water partition coefficient (Wildman–Crippen LogP) is 3.84. The first-order valence-electron chi connectivity index (χ1n) is 6.52. The lowest BCUT2D eigenvalue weighted by Gasteiger charge is -2.17. The van der Waals surface area contributed by atoms with Crippen LogP contribution in [0, 0.1) is 17.6 Å². The third-order valence-electron chi connectivity index (χ3n) is 3.17. The zero-order valence-electron chi connectivity index (χ0n) is 10.6. The SMILES string of the molecule is CCCNC(CSc1ccc(F)c(F)c1)C1CC1. The molecule has 1 fully saturated rings. The molecular formula is C14H19F2NS.